The van der Waals surface area contributed by atoms with Crippen LogP contribution in [0.25, 0.3) is 0 Å². The summed E-state index contributed by atoms with van der Waals surface area (Å²) < 4.78 is 32.4. The summed E-state index contributed by atoms with van der Waals surface area (Å²) in [4.78, 5) is 0. The number of rotatable bonds is 11. The molecule has 2 saturated heterocycles. The van der Waals surface area contributed by atoms with E-state index in [1.54, 1.807) is 6.92 Å². The smallest absolute Gasteiger partial charge is 0.115 e. The first-order valence-electron chi connectivity index (χ1n) is 17.2. The van der Waals surface area contributed by atoms with Crippen LogP contribution in [0.3, 0.4) is 0 Å². The van der Waals surface area contributed by atoms with Gasteiger partial charge in [-0.1, -0.05) is 70.2 Å². The van der Waals surface area contributed by atoms with Crippen molar-refractivity contribution in [3.8, 4) is 23.0 Å². The molecule has 294 valence electrons. The second-order valence-electron chi connectivity index (χ2n) is 12.7. The van der Waals surface area contributed by atoms with E-state index in [1.165, 1.54) is 0 Å². The number of aliphatic hydroxyl groups is 1. The third-order valence-electron chi connectivity index (χ3n) is 7.65. The fraction of sp³-hybridized carbons (Fsp3) is 0.467. The van der Waals surface area contributed by atoms with Gasteiger partial charge in [-0.3, -0.25) is 0 Å². The van der Waals surface area contributed by atoms with Crippen LogP contribution in [0.4, 0.5) is 0 Å². The Morgan fingerprint density at radius 2 is 0.778 bits per heavy atom. The normalized spacial score (nSPS) is 14.6. The van der Waals surface area contributed by atoms with E-state index in [2.05, 4.69) is 24.3 Å². The van der Waals surface area contributed by atoms with Crippen LogP contribution >= 0.6 is 0 Å². The fourth-order valence-electron chi connectivity index (χ4n) is 4.88. The number of benzene rings is 4. The Morgan fingerprint density at radius 3 is 1.00 bits per heavy atom. The molecule has 1 N–H and O–H groups in total. The van der Waals surface area contributed by atoms with Crippen molar-refractivity contribution < 1.29 is 98.9 Å². The van der Waals surface area contributed by atoms with Crippen molar-refractivity contribution >= 4 is 0 Å². The summed E-state index contributed by atoms with van der Waals surface area (Å²) in [7, 11) is 0. The van der Waals surface area contributed by atoms with Gasteiger partial charge in [0.15, 0.2) is 0 Å². The topological polar surface area (TPSA) is 82.2 Å². The maximum absolute atomic E-state index is 9.06. The fourth-order valence-corrected chi connectivity index (χ4v) is 4.88. The monoisotopic (exact) mass is 892 g/mol. The molecule has 4 aromatic rings. The molecule has 0 saturated carbocycles. The minimum atomic E-state index is -0.428. The number of ether oxygens (including phenoxy) is 6. The van der Waals surface area contributed by atoms with E-state index in [0.717, 1.165) is 87.3 Å². The molecule has 0 aromatic heterocycles. The van der Waals surface area contributed by atoms with E-state index in [9.17, 15) is 0 Å². The molecule has 54 heavy (non-hydrogen) atoms. The molecule has 6 rings (SSSR count). The summed E-state index contributed by atoms with van der Waals surface area (Å²) in [5.74, 6) is 3.83. The van der Waals surface area contributed by atoms with Gasteiger partial charge < -0.3 is 33.5 Å². The molecule has 0 bridgehead atoms. The molecule has 0 aliphatic carbocycles. The zero-order valence-corrected chi connectivity index (χ0v) is 38.3. The molecular formula is C45H62O7Y2-4. The van der Waals surface area contributed by atoms with E-state index in [-0.39, 0.29) is 80.3 Å². The number of hydrogen-bond acceptors (Lipinski definition) is 7. The Morgan fingerprint density at radius 1 is 0.537 bits per heavy atom. The predicted octanol–water partition coefficient (Wildman–Crippen LogP) is 9.40. The predicted molar refractivity (Wildman–Crippen MR) is 211 cm³/mol. The molecule has 7 nitrogen and oxygen atoms in total. The van der Waals surface area contributed by atoms with Crippen molar-refractivity contribution in [1.29, 1.82) is 0 Å². The molecule has 3 atom stereocenters. The molecular weight excluding hydrogens is 830 g/mol. The summed E-state index contributed by atoms with van der Waals surface area (Å²) in [6, 6.07) is 27.6. The third kappa shape index (κ3) is 19.8. The van der Waals surface area contributed by atoms with E-state index in [0.29, 0.717) is 32.0 Å². The van der Waals surface area contributed by atoms with Gasteiger partial charge in [0.05, 0.1) is 25.9 Å². The van der Waals surface area contributed by atoms with Gasteiger partial charge in [-0.25, -0.2) is 0 Å². The second kappa shape index (κ2) is 28.5. The summed E-state index contributed by atoms with van der Waals surface area (Å²) in [5, 5.41) is 9.06. The first-order valence-corrected chi connectivity index (χ1v) is 17.2. The molecule has 4 aromatic carbocycles. The van der Waals surface area contributed by atoms with E-state index in [1.807, 2.05) is 111 Å². The Bertz CT molecular complexity index is 1400. The summed E-state index contributed by atoms with van der Waals surface area (Å²) in [6.07, 6.45) is 0.217. The third-order valence-corrected chi connectivity index (χ3v) is 7.65. The molecule has 9 heteroatoms. The largest absolute Gasteiger partial charge is 0.519 e. The molecule has 2 aliphatic heterocycles. The Labute approximate surface area is 378 Å². The van der Waals surface area contributed by atoms with Gasteiger partial charge in [-0.2, -0.15) is 72.8 Å². The standard InChI is InChI=1S/2C11H13O2.C11H15O2.C10H13O.2CH4.2Y/c2*1-8-4-3-5-9(2)11(8)13-7-10-6-12-10;1-8-5-4-6-9(2)11(8)13-7-10(3)12;1-4-11-10-8(2)6-5-7-9(10)3;;;;/h2*4-5,10H,6-7H2,1-2H3;5-6,10,12H,7H2,1-3H3;6-7H,4H2,1-3H3;2*1H4;;/q4*-1;;;;. The second-order valence-corrected chi connectivity index (χ2v) is 12.7. The van der Waals surface area contributed by atoms with Gasteiger partial charge in [-0.15, -0.1) is 44.5 Å². The Hall–Kier alpha value is -1.83. The number of epoxide rings is 2. The van der Waals surface area contributed by atoms with Crippen LogP contribution in [0.1, 0.15) is 73.2 Å². The van der Waals surface area contributed by atoms with Crippen molar-refractivity contribution in [2.24, 2.45) is 0 Å². The average Bonchev–Trinajstić information content (AvgIpc) is 4.00. The summed E-state index contributed by atoms with van der Waals surface area (Å²) in [5.41, 5.74) is 8.99. The van der Waals surface area contributed by atoms with Crippen molar-refractivity contribution in [3.63, 3.8) is 0 Å². The van der Waals surface area contributed by atoms with Gasteiger partial charge in [0.1, 0.15) is 32.0 Å². The van der Waals surface area contributed by atoms with Crippen molar-refractivity contribution in [3.05, 3.63) is 117 Å². The van der Waals surface area contributed by atoms with Crippen molar-refractivity contribution in [2.75, 3.05) is 39.6 Å². The molecule has 0 amide bonds. The molecule has 2 radical (unpaired) electrons. The minimum Gasteiger partial charge on any atom is -0.519 e. The quantitative estimate of drug-likeness (QED) is 0.119. The first kappa shape index (κ1) is 54.3. The van der Waals surface area contributed by atoms with Gasteiger partial charge >= 0.3 is 0 Å². The van der Waals surface area contributed by atoms with Crippen LogP contribution in [0.5, 0.6) is 23.0 Å². The first-order chi connectivity index (χ1) is 23.9. The summed E-state index contributed by atoms with van der Waals surface area (Å²) in [6.45, 7) is 24.0. The van der Waals surface area contributed by atoms with Crippen LogP contribution in [-0.4, -0.2) is 63.1 Å². The van der Waals surface area contributed by atoms with E-state index < -0.39 is 6.10 Å². The SMILES string of the molecule is C.C.CCOc1c(C)c[c-]cc1C.Cc1c[c-]cc(C)c1OCC(C)O.Cc1c[c-]cc(C)c1OCC1CO1.Cc1c[c-]cc(C)c1OCC1CO1.[Y].[Y]. The van der Waals surface area contributed by atoms with Crippen LogP contribution in [0, 0.1) is 79.7 Å². The van der Waals surface area contributed by atoms with Crippen molar-refractivity contribution in [1.82, 2.24) is 0 Å². The average molecular weight is 893 g/mol. The molecule has 0 spiro atoms. The van der Waals surface area contributed by atoms with Gasteiger partial charge in [-0.05, 0) is 13.8 Å². The van der Waals surface area contributed by atoms with Crippen molar-refractivity contribution in [2.45, 2.75) is 102 Å². The van der Waals surface area contributed by atoms with E-state index >= 15 is 0 Å². The Balaban J connectivity index is 0. The molecule has 3 unspecified atom stereocenters. The zero-order valence-electron chi connectivity index (χ0n) is 32.6. The van der Waals surface area contributed by atoms with Crippen LogP contribution in [0.2, 0.25) is 0 Å². The van der Waals surface area contributed by atoms with Gasteiger partial charge in [0, 0.05) is 88.4 Å². The van der Waals surface area contributed by atoms with E-state index in [4.69, 9.17) is 33.5 Å². The molecule has 2 fully saturated rings. The van der Waals surface area contributed by atoms with Crippen LogP contribution in [0.15, 0.2) is 48.5 Å². The maximum Gasteiger partial charge on any atom is 0.115 e. The Kier molecular flexibility index (Phi) is 28.7. The summed E-state index contributed by atoms with van der Waals surface area (Å²) >= 11 is 0. The van der Waals surface area contributed by atoms with Gasteiger partial charge in [0.25, 0.3) is 0 Å². The zero-order chi connectivity index (χ0) is 36.6. The maximum atomic E-state index is 9.06. The number of aryl methyl sites for hydroxylation is 8. The van der Waals surface area contributed by atoms with Crippen LogP contribution in [-0.2, 0) is 74.9 Å². The molecule has 2 aliphatic rings. The van der Waals surface area contributed by atoms with Crippen LogP contribution < -0.4 is 18.9 Å². The number of aliphatic hydroxyl groups excluding tert-OH is 1. The minimum absolute atomic E-state index is 0. The number of hydrogen-bond donors (Lipinski definition) is 1. The molecule has 2 heterocycles. The van der Waals surface area contributed by atoms with Gasteiger partial charge in [0.2, 0.25) is 0 Å².